The van der Waals surface area contributed by atoms with Gasteiger partial charge in [0.05, 0.1) is 39.5 Å². The van der Waals surface area contributed by atoms with Crippen LogP contribution in [0.4, 0.5) is 23.5 Å². The maximum Gasteiger partial charge on any atom is 0.233 e. The molecule has 34 heavy (non-hydrogen) atoms. The number of nitrogens with one attached hydrogen (secondary N) is 4. The summed E-state index contributed by atoms with van der Waals surface area (Å²) in [5, 5.41) is 21.1. The number of aliphatic hydroxyl groups is 1. The Hall–Kier alpha value is -3.06. The Kier molecular flexibility index (Phi) is 12.6. The van der Waals surface area contributed by atoms with E-state index in [-0.39, 0.29) is 25.0 Å². The second-order valence-corrected chi connectivity index (χ2v) is 7.62. The van der Waals surface area contributed by atoms with E-state index in [1.165, 1.54) is 0 Å². The predicted octanol–water partition coefficient (Wildman–Crippen LogP) is 0.490. The zero-order chi connectivity index (χ0) is 24.6. The molecule has 0 aliphatic carbocycles. The molecule has 12 nitrogen and oxygen atoms in total. The van der Waals surface area contributed by atoms with Crippen molar-refractivity contribution in [3.8, 4) is 0 Å². The van der Waals surface area contributed by atoms with Crippen molar-refractivity contribution in [2.24, 2.45) is 5.73 Å². The molecule has 188 valence electrons. The van der Waals surface area contributed by atoms with Gasteiger partial charge in [-0.15, -0.1) is 0 Å². The summed E-state index contributed by atoms with van der Waals surface area (Å²) in [6, 6.07) is 7.59. The van der Waals surface area contributed by atoms with Crippen molar-refractivity contribution in [3.05, 3.63) is 29.8 Å². The fraction of sp³-hybridized carbons (Fsp3) is 0.545. The Morgan fingerprint density at radius 3 is 2.32 bits per heavy atom. The van der Waals surface area contributed by atoms with Crippen molar-refractivity contribution < 1.29 is 19.4 Å². The second-order valence-electron chi connectivity index (χ2n) is 7.62. The predicted molar refractivity (Wildman–Crippen MR) is 131 cm³/mol. The van der Waals surface area contributed by atoms with Crippen molar-refractivity contribution in [2.45, 2.75) is 26.3 Å². The molecule has 0 unspecified atom stereocenters. The van der Waals surface area contributed by atoms with Crippen LogP contribution >= 0.6 is 0 Å². The monoisotopic (exact) mass is 476 g/mol. The highest BCUT2D eigenvalue weighted by Crippen LogP contribution is 2.17. The quantitative estimate of drug-likeness (QED) is 0.176. The molecule has 0 aliphatic heterocycles. The average molecular weight is 477 g/mol. The summed E-state index contributed by atoms with van der Waals surface area (Å²) in [6.07, 6.45) is 0.267. The summed E-state index contributed by atoms with van der Waals surface area (Å²) in [5.74, 6) is 1.06. The first-order chi connectivity index (χ1) is 16.5. The minimum absolute atomic E-state index is 0.0341. The fourth-order valence-electron chi connectivity index (χ4n) is 2.75. The van der Waals surface area contributed by atoms with Gasteiger partial charge in [-0.1, -0.05) is 12.1 Å². The number of aliphatic hydroxyl groups excluding tert-OH is 1. The van der Waals surface area contributed by atoms with Gasteiger partial charge in [0.1, 0.15) is 0 Å². The first-order valence-corrected chi connectivity index (χ1v) is 11.4. The van der Waals surface area contributed by atoms with Crippen molar-refractivity contribution in [1.29, 1.82) is 0 Å². The number of amides is 1. The van der Waals surface area contributed by atoms with Crippen LogP contribution in [0.1, 0.15) is 19.4 Å². The van der Waals surface area contributed by atoms with Crippen LogP contribution in [0.15, 0.2) is 24.3 Å². The molecule has 2 rings (SSSR count). The van der Waals surface area contributed by atoms with Crippen molar-refractivity contribution in [1.82, 2.24) is 20.3 Å². The van der Waals surface area contributed by atoms with E-state index in [4.69, 9.17) is 20.3 Å². The maximum absolute atomic E-state index is 12.1. The third-order valence-electron chi connectivity index (χ3n) is 4.23. The van der Waals surface area contributed by atoms with Crippen LogP contribution in [0.25, 0.3) is 0 Å². The Balaban J connectivity index is 1.82. The second kappa shape index (κ2) is 15.7. The van der Waals surface area contributed by atoms with Crippen molar-refractivity contribution in [2.75, 3.05) is 68.6 Å². The van der Waals surface area contributed by atoms with E-state index in [1.807, 2.05) is 38.1 Å². The summed E-state index contributed by atoms with van der Waals surface area (Å²) < 4.78 is 10.6. The van der Waals surface area contributed by atoms with E-state index in [0.717, 1.165) is 11.3 Å². The summed E-state index contributed by atoms with van der Waals surface area (Å²) in [6.45, 7) is 7.10. The minimum atomic E-state index is -0.0786. The van der Waals surface area contributed by atoms with Crippen molar-refractivity contribution >= 4 is 29.4 Å². The summed E-state index contributed by atoms with van der Waals surface area (Å²) in [4.78, 5) is 25.1. The number of rotatable bonds is 17. The molecule has 0 bridgehead atoms. The van der Waals surface area contributed by atoms with Gasteiger partial charge >= 0.3 is 0 Å². The molecule has 1 amide bonds. The average Bonchev–Trinajstić information content (AvgIpc) is 2.80. The molecule has 0 radical (unpaired) electrons. The topological polar surface area (TPSA) is 169 Å². The summed E-state index contributed by atoms with van der Waals surface area (Å²) >= 11 is 0. The molecule has 0 spiro atoms. The van der Waals surface area contributed by atoms with Gasteiger partial charge in [0.2, 0.25) is 23.8 Å². The number of aromatic nitrogens is 3. The SMILES string of the molecule is CC(C)Nc1nc(NCCO)nc(Nc2ccc(CC(=O)NCCOCCOCCN)cc2)n1. The van der Waals surface area contributed by atoms with Crippen LogP contribution in [-0.4, -0.2) is 84.7 Å². The number of carbonyl (C=O) groups is 1. The molecule has 0 saturated carbocycles. The lowest BCUT2D eigenvalue weighted by atomic mass is 10.1. The van der Waals surface area contributed by atoms with Gasteiger partial charge < -0.3 is 41.6 Å². The summed E-state index contributed by atoms with van der Waals surface area (Å²) in [5.41, 5.74) is 6.98. The van der Waals surface area contributed by atoms with Crippen LogP contribution < -0.4 is 27.0 Å². The van der Waals surface area contributed by atoms with E-state index >= 15 is 0 Å². The lowest BCUT2D eigenvalue weighted by Crippen LogP contribution is -2.29. The van der Waals surface area contributed by atoms with Gasteiger partial charge in [-0.3, -0.25) is 4.79 Å². The zero-order valence-corrected chi connectivity index (χ0v) is 19.8. The molecule has 7 N–H and O–H groups in total. The van der Waals surface area contributed by atoms with Gasteiger partial charge in [-0.25, -0.2) is 0 Å². The Morgan fingerprint density at radius 2 is 1.65 bits per heavy atom. The third-order valence-corrected chi connectivity index (χ3v) is 4.23. The number of hydrogen-bond donors (Lipinski definition) is 6. The number of carbonyl (C=O) groups excluding carboxylic acids is 1. The number of nitrogens with two attached hydrogens (primary N) is 1. The van der Waals surface area contributed by atoms with Gasteiger partial charge in [-0.2, -0.15) is 15.0 Å². The van der Waals surface area contributed by atoms with Gasteiger partial charge in [0.25, 0.3) is 0 Å². The fourth-order valence-corrected chi connectivity index (χ4v) is 2.75. The number of anilines is 4. The van der Waals surface area contributed by atoms with Crippen LogP contribution in [0, 0.1) is 0 Å². The lowest BCUT2D eigenvalue weighted by molar-refractivity contribution is -0.120. The molecular formula is C22H36N8O4. The summed E-state index contributed by atoms with van der Waals surface area (Å²) in [7, 11) is 0. The Morgan fingerprint density at radius 1 is 0.971 bits per heavy atom. The highest BCUT2D eigenvalue weighted by molar-refractivity contribution is 5.78. The van der Waals surface area contributed by atoms with Gasteiger partial charge in [0, 0.05) is 31.4 Å². The maximum atomic E-state index is 12.1. The van der Waals surface area contributed by atoms with Crippen molar-refractivity contribution in [3.63, 3.8) is 0 Å². The molecule has 0 aliphatic rings. The highest BCUT2D eigenvalue weighted by atomic mass is 16.5. The molecule has 0 fully saturated rings. The van der Waals surface area contributed by atoms with Crippen LogP contribution in [0.2, 0.25) is 0 Å². The van der Waals surface area contributed by atoms with E-state index in [9.17, 15) is 4.79 Å². The number of ether oxygens (including phenoxy) is 2. The van der Waals surface area contributed by atoms with Crippen LogP contribution in [0.3, 0.4) is 0 Å². The smallest absolute Gasteiger partial charge is 0.233 e. The number of nitrogens with zero attached hydrogens (tertiary/aromatic N) is 3. The number of benzene rings is 1. The van der Waals surface area contributed by atoms with E-state index < -0.39 is 0 Å². The molecule has 1 heterocycles. The molecule has 1 aromatic carbocycles. The first-order valence-electron chi connectivity index (χ1n) is 11.4. The van der Waals surface area contributed by atoms with Crippen LogP contribution in [-0.2, 0) is 20.7 Å². The molecule has 0 saturated heterocycles. The zero-order valence-electron chi connectivity index (χ0n) is 19.8. The Labute approximate surface area is 200 Å². The third kappa shape index (κ3) is 11.2. The van der Waals surface area contributed by atoms with Crippen LogP contribution in [0.5, 0.6) is 0 Å². The number of hydrogen-bond acceptors (Lipinski definition) is 11. The molecule has 1 aromatic heterocycles. The molecular weight excluding hydrogens is 440 g/mol. The lowest BCUT2D eigenvalue weighted by Gasteiger charge is -2.13. The normalized spacial score (nSPS) is 10.9. The largest absolute Gasteiger partial charge is 0.395 e. The Bertz CT molecular complexity index is 851. The highest BCUT2D eigenvalue weighted by Gasteiger charge is 2.09. The molecule has 0 atom stereocenters. The molecule has 2 aromatic rings. The van der Waals surface area contributed by atoms with E-state index in [0.29, 0.717) is 63.9 Å². The van der Waals surface area contributed by atoms with E-state index in [2.05, 4.69) is 36.2 Å². The molecule has 12 heteroatoms. The first kappa shape index (κ1) is 27.2. The standard InChI is InChI=1S/C22H36N8O4/c1-16(2)26-21-28-20(25-8-10-31)29-22(30-21)27-18-5-3-17(4-6-18)15-19(32)24-9-12-34-14-13-33-11-7-23/h3-6,16,31H,7-15,23H2,1-2H3,(H,24,32)(H3,25,26,27,28,29,30). The minimum Gasteiger partial charge on any atom is -0.395 e. The van der Waals surface area contributed by atoms with Gasteiger partial charge in [-0.05, 0) is 31.5 Å². The van der Waals surface area contributed by atoms with E-state index in [1.54, 1.807) is 0 Å². The van der Waals surface area contributed by atoms with Gasteiger partial charge in [0.15, 0.2) is 0 Å².